The molecule has 1 aliphatic carbocycles. The number of pyridine rings is 1. The molecule has 0 atom stereocenters. The second-order valence-corrected chi connectivity index (χ2v) is 7.76. The van der Waals surface area contributed by atoms with Crippen LogP contribution in [0.15, 0.2) is 24.3 Å². The summed E-state index contributed by atoms with van der Waals surface area (Å²) in [4.78, 5) is 17.0. The highest BCUT2D eigenvalue weighted by atomic mass is 35.5. The fourth-order valence-electron chi connectivity index (χ4n) is 3.47. The normalized spacial score (nSPS) is 18.9. The lowest BCUT2D eigenvalue weighted by Gasteiger charge is -2.30. The van der Waals surface area contributed by atoms with Gasteiger partial charge < -0.3 is 10.6 Å². The van der Waals surface area contributed by atoms with Crippen LogP contribution in [0.5, 0.6) is 0 Å². The molecule has 28 heavy (non-hydrogen) atoms. The number of nitrogens with zero attached hydrogens (tertiary/aromatic N) is 1. The summed E-state index contributed by atoms with van der Waals surface area (Å²) in [6.07, 6.45) is 3.71. The molecular weight excluding hydrogens is 400 g/mol. The van der Waals surface area contributed by atoms with Gasteiger partial charge in [0.1, 0.15) is 11.6 Å². The monoisotopic (exact) mass is 425 g/mol. The van der Waals surface area contributed by atoms with Crippen LogP contribution in [0.3, 0.4) is 0 Å². The Morgan fingerprint density at radius 2 is 1.71 bits per heavy atom. The molecule has 0 bridgehead atoms. The molecule has 0 aliphatic heterocycles. The van der Waals surface area contributed by atoms with Crippen LogP contribution in [0.25, 0.3) is 0 Å². The summed E-state index contributed by atoms with van der Waals surface area (Å²) >= 11 is 5.76. The number of rotatable bonds is 4. The lowest BCUT2D eigenvalue weighted by Crippen LogP contribution is -2.40. The zero-order chi connectivity index (χ0) is 19.6. The minimum absolute atomic E-state index is 0. The van der Waals surface area contributed by atoms with E-state index < -0.39 is 5.82 Å². The van der Waals surface area contributed by atoms with Crippen LogP contribution in [0.1, 0.15) is 52.9 Å². The standard InChI is InChI=1S/C21H25ClFN3O.ClH/c1-12-10-13(2)20(24-14(12)3)25-16-5-7-17(8-6-16)26-21(27)15-4-9-19(23)18(22)11-15;/h4,9-11,16-17H,5-8H2,1-3H3,(H,24,25)(H,26,27);1H/t16-,17+;. The number of benzene rings is 1. The Morgan fingerprint density at radius 3 is 2.36 bits per heavy atom. The van der Waals surface area contributed by atoms with E-state index in [0.717, 1.165) is 42.8 Å². The molecule has 2 N–H and O–H groups in total. The van der Waals surface area contributed by atoms with Crippen LogP contribution in [-0.4, -0.2) is 23.0 Å². The molecule has 1 heterocycles. The first-order valence-electron chi connectivity index (χ1n) is 9.31. The van der Waals surface area contributed by atoms with E-state index in [4.69, 9.17) is 11.6 Å². The fourth-order valence-corrected chi connectivity index (χ4v) is 3.65. The summed E-state index contributed by atoms with van der Waals surface area (Å²) in [7, 11) is 0. The molecule has 0 unspecified atom stereocenters. The van der Waals surface area contributed by atoms with E-state index in [2.05, 4.69) is 35.5 Å². The molecule has 4 nitrogen and oxygen atoms in total. The Balaban J connectivity index is 0.00000280. The van der Waals surface area contributed by atoms with Crippen molar-refractivity contribution in [1.29, 1.82) is 0 Å². The number of amides is 1. The number of carbonyl (C=O) groups excluding carboxylic acids is 1. The maximum atomic E-state index is 13.2. The van der Waals surface area contributed by atoms with E-state index in [1.807, 2.05) is 6.92 Å². The molecule has 0 radical (unpaired) electrons. The van der Waals surface area contributed by atoms with Crippen molar-refractivity contribution in [3.63, 3.8) is 0 Å². The molecule has 152 valence electrons. The van der Waals surface area contributed by atoms with Gasteiger partial charge in [0.25, 0.3) is 5.91 Å². The Labute approximate surface area is 176 Å². The number of hydrogen-bond donors (Lipinski definition) is 2. The predicted molar refractivity (Wildman–Crippen MR) is 114 cm³/mol. The summed E-state index contributed by atoms with van der Waals surface area (Å²) in [5, 5.41) is 6.55. The number of carbonyl (C=O) groups is 1. The van der Waals surface area contributed by atoms with Crippen molar-refractivity contribution in [1.82, 2.24) is 10.3 Å². The van der Waals surface area contributed by atoms with Gasteiger partial charge in [-0.3, -0.25) is 4.79 Å². The molecule has 3 rings (SSSR count). The third kappa shape index (κ3) is 5.36. The molecule has 1 amide bonds. The van der Waals surface area contributed by atoms with Crippen molar-refractivity contribution < 1.29 is 9.18 Å². The maximum Gasteiger partial charge on any atom is 0.251 e. The van der Waals surface area contributed by atoms with Gasteiger partial charge in [-0.05, 0) is 75.8 Å². The van der Waals surface area contributed by atoms with E-state index in [9.17, 15) is 9.18 Å². The summed E-state index contributed by atoms with van der Waals surface area (Å²) in [6.45, 7) is 6.16. The van der Waals surface area contributed by atoms with Crippen LogP contribution in [-0.2, 0) is 0 Å². The zero-order valence-corrected chi connectivity index (χ0v) is 17.9. The van der Waals surface area contributed by atoms with Gasteiger partial charge in [-0.25, -0.2) is 9.37 Å². The molecule has 7 heteroatoms. The van der Waals surface area contributed by atoms with Crippen LogP contribution in [0, 0.1) is 26.6 Å². The highest BCUT2D eigenvalue weighted by Crippen LogP contribution is 2.24. The van der Waals surface area contributed by atoms with E-state index in [0.29, 0.717) is 11.6 Å². The number of nitrogens with one attached hydrogen (secondary N) is 2. The molecule has 1 aromatic heterocycles. The van der Waals surface area contributed by atoms with Crippen LogP contribution >= 0.6 is 24.0 Å². The zero-order valence-electron chi connectivity index (χ0n) is 16.3. The second kappa shape index (κ2) is 9.57. The van der Waals surface area contributed by atoms with Gasteiger partial charge in [0.15, 0.2) is 0 Å². The molecule has 0 spiro atoms. The van der Waals surface area contributed by atoms with E-state index in [1.165, 1.54) is 23.8 Å². The predicted octanol–water partition coefficient (Wildman–Crippen LogP) is 5.37. The number of hydrogen-bond acceptors (Lipinski definition) is 3. The highest BCUT2D eigenvalue weighted by molar-refractivity contribution is 6.31. The molecule has 1 aliphatic rings. The van der Waals surface area contributed by atoms with Gasteiger partial charge in [-0.2, -0.15) is 0 Å². The van der Waals surface area contributed by atoms with E-state index in [-0.39, 0.29) is 29.4 Å². The topological polar surface area (TPSA) is 54.0 Å². The highest BCUT2D eigenvalue weighted by Gasteiger charge is 2.23. The number of halogens is 3. The van der Waals surface area contributed by atoms with Gasteiger partial charge >= 0.3 is 0 Å². The SMILES string of the molecule is Cc1cc(C)c(N[C@H]2CC[C@@H](NC(=O)c3ccc(F)c(Cl)c3)CC2)nc1C.Cl. The number of anilines is 1. The fraction of sp³-hybridized carbons (Fsp3) is 0.429. The van der Waals surface area contributed by atoms with Gasteiger partial charge in [0.05, 0.1) is 5.02 Å². The lowest BCUT2D eigenvalue weighted by molar-refractivity contribution is 0.0926. The van der Waals surface area contributed by atoms with Crippen molar-refractivity contribution in [2.24, 2.45) is 0 Å². The van der Waals surface area contributed by atoms with Gasteiger partial charge in [0, 0.05) is 23.3 Å². The average molecular weight is 426 g/mol. The quantitative estimate of drug-likeness (QED) is 0.691. The molecule has 0 saturated heterocycles. The largest absolute Gasteiger partial charge is 0.367 e. The smallest absolute Gasteiger partial charge is 0.251 e. The maximum absolute atomic E-state index is 13.2. The molecule has 2 aromatic rings. The Kier molecular flexibility index (Phi) is 7.67. The first kappa shape index (κ1) is 22.4. The van der Waals surface area contributed by atoms with Gasteiger partial charge in [-0.1, -0.05) is 17.7 Å². The van der Waals surface area contributed by atoms with Crippen LogP contribution in [0.2, 0.25) is 5.02 Å². The minimum atomic E-state index is -0.518. The average Bonchev–Trinajstić information content (AvgIpc) is 2.63. The minimum Gasteiger partial charge on any atom is -0.367 e. The summed E-state index contributed by atoms with van der Waals surface area (Å²) in [6, 6.07) is 6.67. The third-order valence-electron chi connectivity index (χ3n) is 5.24. The van der Waals surface area contributed by atoms with E-state index in [1.54, 1.807) is 0 Å². The number of aryl methyl sites for hydroxylation is 3. The van der Waals surface area contributed by atoms with Crippen molar-refractivity contribution in [2.75, 3.05) is 5.32 Å². The molecule has 1 aromatic carbocycles. The molecule has 1 fully saturated rings. The van der Waals surface area contributed by atoms with E-state index >= 15 is 0 Å². The summed E-state index contributed by atoms with van der Waals surface area (Å²) in [5.74, 6) is 0.224. The summed E-state index contributed by atoms with van der Waals surface area (Å²) in [5.41, 5.74) is 3.78. The van der Waals surface area contributed by atoms with Crippen molar-refractivity contribution in [2.45, 2.75) is 58.5 Å². The summed E-state index contributed by atoms with van der Waals surface area (Å²) < 4.78 is 13.2. The third-order valence-corrected chi connectivity index (χ3v) is 5.53. The van der Waals surface area contributed by atoms with Gasteiger partial charge in [0.2, 0.25) is 0 Å². The van der Waals surface area contributed by atoms with Crippen LogP contribution in [0.4, 0.5) is 10.2 Å². The molecule has 1 saturated carbocycles. The lowest BCUT2D eigenvalue weighted by atomic mass is 9.90. The second-order valence-electron chi connectivity index (χ2n) is 7.35. The Hall–Kier alpha value is -1.85. The van der Waals surface area contributed by atoms with Crippen molar-refractivity contribution in [3.8, 4) is 0 Å². The van der Waals surface area contributed by atoms with Crippen LogP contribution < -0.4 is 10.6 Å². The van der Waals surface area contributed by atoms with Crippen molar-refractivity contribution >= 4 is 35.7 Å². The molecular formula is C21H26Cl2FN3O. The van der Waals surface area contributed by atoms with Crippen molar-refractivity contribution in [3.05, 3.63) is 57.5 Å². The first-order chi connectivity index (χ1) is 12.8. The Bertz CT molecular complexity index is 852. The first-order valence-corrected chi connectivity index (χ1v) is 9.68. The van der Waals surface area contributed by atoms with Gasteiger partial charge in [-0.15, -0.1) is 12.4 Å². The Morgan fingerprint density at radius 1 is 1.07 bits per heavy atom. The number of aromatic nitrogens is 1.